The van der Waals surface area contributed by atoms with E-state index in [0.29, 0.717) is 19.5 Å². The summed E-state index contributed by atoms with van der Waals surface area (Å²) in [6.07, 6.45) is 3.65. The second-order valence-electron chi connectivity index (χ2n) is 2.50. The highest BCUT2D eigenvalue weighted by atomic mass is 16.1. The molecule has 66 valence electrons. The minimum absolute atomic E-state index is 0.313. The highest BCUT2D eigenvalue weighted by Gasteiger charge is 2.00. The molecule has 0 aliphatic rings. The zero-order chi connectivity index (χ0) is 8.97. The molecule has 0 bridgehead atoms. The summed E-state index contributed by atoms with van der Waals surface area (Å²) in [7, 11) is 0. The molecule has 5 heteroatoms. The van der Waals surface area contributed by atoms with E-state index < -0.39 is 0 Å². The molecule has 0 spiro atoms. The van der Waals surface area contributed by atoms with Crippen LogP contribution in [-0.2, 0) is 17.9 Å². The SMILES string of the molecule is NCc1cncn1CCC(N)=O. The van der Waals surface area contributed by atoms with Crippen LogP contribution in [0.3, 0.4) is 0 Å². The van der Waals surface area contributed by atoms with Crippen LogP contribution in [-0.4, -0.2) is 15.5 Å². The van der Waals surface area contributed by atoms with Crippen LogP contribution in [0.1, 0.15) is 12.1 Å². The fourth-order valence-electron chi connectivity index (χ4n) is 0.950. The number of nitrogens with zero attached hydrogens (tertiary/aromatic N) is 2. The van der Waals surface area contributed by atoms with Crippen LogP contribution < -0.4 is 11.5 Å². The van der Waals surface area contributed by atoms with E-state index in [0.717, 1.165) is 5.69 Å². The maximum absolute atomic E-state index is 10.5. The minimum atomic E-state index is -0.313. The molecule has 1 heterocycles. The number of rotatable bonds is 4. The van der Waals surface area contributed by atoms with Gasteiger partial charge >= 0.3 is 0 Å². The number of hydrogen-bond acceptors (Lipinski definition) is 3. The summed E-state index contributed by atoms with van der Waals surface area (Å²) >= 11 is 0. The molecule has 0 aliphatic carbocycles. The second-order valence-corrected chi connectivity index (χ2v) is 2.50. The number of aromatic nitrogens is 2. The number of primary amides is 1. The molecule has 1 aromatic heterocycles. The maximum atomic E-state index is 10.5. The predicted molar refractivity (Wildman–Crippen MR) is 43.9 cm³/mol. The van der Waals surface area contributed by atoms with E-state index in [9.17, 15) is 4.79 Å². The van der Waals surface area contributed by atoms with Crippen molar-refractivity contribution in [1.29, 1.82) is 0 Å². The normalized spacial score (nSPS) is 10.1. The van der Waals surface area contributed by atoms with E-state index in [-0.39, 0.29) is 5.91 Å². The summed E-state index contributed by atoms with van der Waals surface area (Å²) in [6, 6.07) is 0. The van der Waals surface area contributed by atoms with E-state index in [2.05, 4.69) is 4.98 Å². The van der Waals surface area contributed by atoms with Crippen molar-refractivity contribution in [2.45, 2.75) is 19.5 Å². The molecule has 0 atom stereocenters. The van der Waals surface area contributed by atoms with Gasteiger partial charge in [0.15, 0.2) is 0 Å². The van der Waals surface area contributed by atoms with Gasteiger partial charge in [0.25, 0.3) is 0 Å². The van der Waals surface area contributed by atoms with Crippen molar-refractivity contribution in [3.63, 3.8) is 0 Å². The number of imidazole rings is 1. The Bertz CT molecular complexity index is 268. The molecular formula is C7H12N4O. The first kappa shape index (κ1) is 8.73. The van der Waals surface area contributed by atoms with Gasteiger partial charge in [-0.2, -0.15) is 0 Å². The Labute approximate surface area is 70.4 Å². The lowest BCUT2D eigenvalue weighted by Gasteiger charge is -2.03. The van der Waals surface area contributed by atoms with Crippen LogP contribution in [0.15, 0.2) is 12.5 Å². The number of amides is 1. The second kappa shape index (κ2) is 3.87. The van der Waals surface area contributed by atoms with Gasteiger partial charge in [-0.3, -0.25) is 4.79 Å². The zero-order valence-electron chi connectivity index (χ0n) is 6.73. The molecule has 0 aliphatic heterocycles. The summed E-state index contributed by atoms with van der Waals surface area (Å²) < 4.78 is 1.82. The van der Waals surface area contributed by atoms with Gasteiger partial charge in [-0.25, -0.2) is 4.98 Å². The van der Waals surface area contributed by atoms with Gasteiger partial charge < -0.3 is 16.0 Å². The lowest BCUT2D eigenvalue weighted by Crippen LogP contribution is -2.15. The third kappa shape index (κ3) is 2.06. The van der Waals surface area contributed by atoms with Gasteiger partial charge in [-0.1, -0.05) is 0 Å². The predicted octanol–water partition coefficient (Wildman–Crippen LogP) is -0.783. The molecule has 12 heavy (non-hydrogen) atoms. The average molecular weight is 168 g/mol. The van der Waals surface area contributed by atoms with Gasteiger partial charge in [0.1, 0.15) is 0 Å². The first-order chi connectivity index (χ1) is 5.74. The van der Waals surface area contributed by atoms with Gasteiger partial charge in [0.2, 0.25) is 5.91 Å². The molecule has 1 rings (SSSR count). The number of hydrogen-bond donors (Lipinski definition) is 2. The highest BCUT2D eigenvalue weighted by molar-refractivity contribution is 5.73. The largest absolute Gasteiger partial charge is 0.370 e. The van der Waals surface area contributed by atoms with Crippen molar-refractivity contribution >= 4 is 5.91 Å². The van der Waals surface area contributed by atoms with E-state index >= 15 is 0 Å². The van der Waals surface area contributed by atoms with E-state index in [4.69, 9.17) is 11.5 Å². The fraction of sp³-hybridized carbons (Fsp3) is 0.429. The van der Waals surface area contributed by atoms with E-state index in [1.54, 1.807) is 12.5 Å². The molecule has 0 saturated carbocycles. The Balaban J connectivity index is 2.56. The van der Waals surface area contributed by atoms with E-state index in [1.165, 1.54) is 0 Å². The Morgan fingerprint density at radius 3 is 3.00 bits per heavy atom. The standard InChI is InChI=1S/C7H12N4O/c8-3-6-4-10-5-11(6)2-1-7(9)12/h4-5H,1-3,8H2,(H2,9,12). The lowest BCUT2D eigenvalue weighted by atomic mass is 10.4. The van der Waals surface area contributed by atoms with Gasteiger partial charge in [0, 0.05) is 25.7 Å². The fourth-order valence-corrected chi connectivity index (χ4v) is 0.950. The summed E-state index contributed by atoms with van der Waals surface area (Å²) in [5.74, 6) is -0.313. The quantitative estimate of drug-likeness (QED) is 0.618. The Morgan fingerprint density at radius 1 is 1.67 bits per heavy atom. The van der Waals surface area contributed by atoms with Gasteiger partial charge in [-0.15, -0.1) is 0 Å². The molecule has 1 amide bonds. The molecule has 0 radical (unpaired) electrons. The van der Waals surface area contributed by atoms with Crippen molar-refractivity contribution in [2.75, 3.05) is 0 Å². The molecule has 4 N–H and O–H groups in total. The van der Waals surface area contributed by atoms with Gasteiger partial charge in [0.05, 0.1) is 12.0 Å². The average Bonchev–Trinajstić information content (AvgIpc) is 2.47. The number of carbonyl (C=O) groups excluding carboxylic acids is 1. The topological polar surface area (TPSA) is 86.9 Å². The van der Waals surface area contributed by atoms with Crippen LogP contribution in [0.25, 0.3) is 0 Å². The van der Waals surface area contributed by atoms with Crippen LogP contribution in [0.4, 0.5) is 0 Å². The third-order valence-electron chi connectivity index (χ3n) is 1.61. The first-order valence-corrected chi connectivity index (χ1v) is 3.71. The lowest BCUT2D eigenvalue weighted by molar-refractivity contribution is -0.118. The number of carbonyl (C=O) groups is 1. The van der Waals surface area contributed by atoms with Crippen molar-refractivity contribution < 1.29 is 4.79 Å². The summed E-state index contributed by atoms with van der Waals surface area (Å²) in [4.78, 5) is 14.4. The monoisotopic (exact) mass is 168 g/mol. The van der Waals surface area contributed by atoms with Gasteiger partial charge in [-0.05, 0) is 0 Å². The Kier molecular flexibility index (Phi) is 2.82. The molecule has 1 aromatic rings. The van der Waals surface area contributed by atoms with E-state index in [1.807, 2.05) is 4.57 Å². The van der Waals surface area contributed by atoms with Crippen LogP contribution in [0, 0.1) is 0 Å². The smallest absolute Gasteiger partial charge is 0.219 e. The molecule has 0 saturated heterocycles. The number of nitrogens with two attached hydrogens (primary N) is 2. The summed E-state index contributed by atoms with van der Waals surface area (Å²) in [5.41, 5.74) is 11.3. The van der Waals surface area contributed by atoms with Crippen LogP contribution in [0.2, 0.25) is 0 Å². The minimum Gasteiger partial charge on any atom is -0.370 e. The maximum Gasteiger partial charge on any atom is 0.219 e. The molecule has 0 fully saturated rings. The van der Waals surface area contributed by atoms with Crippen LogP contribution in [0.5, 0.6) is 0 Å². The third-order valence-corrected chi connectivity index (χ3v) is 1.61. The van der Waals surface area contributed by atoms with Crippen molar-refractivity contribution in [2.24, 2.45) is 11.5 Å². The van der Waals surface area contributed by atoms with Crippen molar-refractivity contribution in [3.05, 3.63) is 18.2 Å². The molecule has 5 nitrogen and oxygen atoms in total. The molecule has 0 aromatic carbocycles. The Morgan fingerprint density at radius 2 is 2.42 bits per heavy atom. The van der Waals surface area contributed by atoms with Crippen molar-refractivity contribution in [3.8, 4) is 0 Å². The number of aryl methyl sites for hydroxylation is 1. The summed E-state index contributed by atoms with van der Waals surface area (Å²) in [5, 5.41) is 0. The summed E-state index contributed by atoms with van der Waals surface area (Å²) in [6.45, 7) is 0.987. The zero-order valence-corrected chi connectivity index (χ0v) is 6.73. The molecule has 0 unspecified atom stereocenters. The highest BCUT2D eigenvalue weighted by Crippen LogP contribution is 1.98. The first-order valence-electron chi connectivity index (χ1n) is 3.71. The van der Waals surface area contributed by atoms with Crippen LogP contribution >= 0.6 is 0 Å². The Hall–Kier alpha value is -1.36. The van der Waals surface area contributed by atoms with Crippen molar-refractivity contribution in [1.82, 2.24) is 9.55 Å². The molecular weight excluding hydrogens is 156 g/mol.